The minimum atomic E-state index is -0.421. The number of thiocarbonyl (C=S) groups is 1. The largest absolute Gasteiger partial charge is 0.362 e. The Morgan fingerprint density at radius 3 is 2.72 bits per heavy atom. The van der Waals surface area contributed by atoms with Crippen molar-refractivity contribution in [2.75, 3.05) is 11.9 Å². The van der Waals surface area contributed by atoms with Gasteiger partial charge < -0.3 is 10.6 Å². The molecule has 0 saturated carbocycles. The highest BCUT2D eigenvalue weighted by atomic mass is 32.1. The third kappa shape index (κ3) is 4.29. The van der Waals surface area contributed by atoms with Crippen LogP contribution in [-0.2, 0) is 0 Å². The van der Waals surface area contributed by atoms with Crippen molar-refractivity contribution in [3.8, 4) is 0 Å². The Morgan fingerprint density at radius 2 is 2.17 bits per heavy atom. The second-order valence-corrected chi connectivity index (χ2v) is 4.89. The molecule has 0 heterocycles. The lowest BCUT2D eigenvalue weighted by Crippen LogP contribution is -2.31. The van der Waals surface area contributed by atoms with Crippen LogP contribution in [0.5, 0.6) is 0 Å². The SMILES string of the molecule is Cc1ccc([N+](=O)[O-])cc1NC(=S)NCC(C)C. The zero-order valence-electron chi connectivity index (χ0n) is 10.7. The van der Waals surface area contributed by atoms with Crippen molar-refractivity contribution in [3.63, 3.8) is 0 Å². The maximum atomic E-state index is 10.7. The number of nitro groups is 1. The molecule has 0 aromatic heterocycles. The summed E-state index contributed by atoms with van der Waals surface area (Å²) in [5.41, 5.74) is 1.62. The van der Waals surface area contributed by atoms with Gasteiger partial charge in [0.15, 0.2) is 5.11 Å². The first kappa shape index (κ1) is 14.4. The van der Waals surface area contributed by atoms with Crippen molar-refractivity contribution >= 4 is 28.7 Å². The molecular weight excluding hydrogens is 250 g/mol. The average Bonchev–Trinajstić information content (AvgIpc) is 2.29. The van der Waals surface area contributed by atoms with E-state index in [4.69, 9.17) is 12.2 Å². The first-order valence-corrected chi connectivity index (χ1v) is 6.11. The molecule has 0 aliphatic carbocycles. The van der Waals surface area contributed by atoms with E-state index in [9.17, 15) is 10.1 Å². The highest BCUT2D eigenvalue weighted by Gasteiger charge is 2.09. The van der Waals surface area contributed by atoms with Crippen molar-refractivity contribution in [1.82, 2.24) is 5.32 Å². The van der Waals surface area contributed by atoms with Crippen LogP contribution in [0.3, 0.4) is 0 Å². The van der Waals surface area contributed by atoms with Crippen molar-refractivity contribution in [2.45, 2.75) is 20.8 Å². The molecule has 0 aliphatic rings. The standard InChI is InChI=1S/C12H17N3O2S/c1-8(2)7-13-12(18)14-11-6-10(15(16)17)5-4-9(11)3/h4-6,8H,7H2,1-3H3,(H2,13,14,18). The van der Waals surface area contributed by atoms with E-state index in [1.807, 2.05) is 6.92 Å². The Bertz CT molecular complexity index is 461. The van der Waals surface area contributed by atoms with Crippen LogP contribution in [0.15, 0.2) is 18.2 Å². The van der Waals surface area contributed by atoms with E-state index in [1.165, 1.54) is 12.1 Å². The predicted octanol–water partition coefficient (Wildman–Crippen LogP) is 2.85. The van der Waals surface area contributed by atoms with Gasteiger partial charge in [-0.15, -0.1) is 0 Å². The number of non-ortho nitro benzene ring substituents is 1. The minimum Gasteiger partial charge on any atom is -0.362 e. The Kier molecular flexibility index (Phi) is 5.03. The number of hydrogen-bond donors (Lipinski definition) is 2. The summed E-state index contributed by atoms with van der Waals surface area (Å²) in [4.78, 5) is 10.3. The van der Waals surface area contributed by atoms with Gasteiger partial charge in [-0.3, -0.25) is 10.1 Å². The molecule has 0 bridgehead atoms. The van der Waals surface area contributed by atoms with Gasteiger partial charge in [-0.25, -0.2) is 0 Å². The molecule has 0 amide bonds. The molecule has 0 spiro atoms. The molecule has 6 heteroatoms. The van der Waals surface area contributed by atoms with Gasteiger partial charge in [-0.1, -0.05) is 19.9 Å². The molecule has 18 heavy (non-hydrogen) atoms. The number of nitro benzene ring substituents is 1. The molecule has 1 aromatic rings. The summed E-state index contributed by atoms with van der Waals surface area (Å²) in [7, 11) is 0. The average molecular weight is 267 g/mol. The van der Waals surface area contributed by atoms with Crippen LogP contribution in [0.25, 0.3) is 0 Å². The Balaban J connectivity index is 2.74. The molecule has 1 rings (SSSR count). The second-order valence-electron chi connectivity index (χ2n) is 4.49. The summed E-state index contributed by atoms with van der Waals surface area (Å²) in [6.45, 7) is 6.79. The van der Waals surface area contributed by atoms with Crippen molar-refractivity contribution < 1.29 is 4.92 Å². The number of anilines is 1. The van der Waals surface area contributed by atoms with E-state index < -0.39 is 4.92 Å². The first-order valence-electron chi connectivity index (χ1n) is 5.70. The second kappa shape index (κ2) is 6.30. The first-order chi connectivity index (χ1) is 8.40. The molecular formula is C12H17N3O2S. The fraction of sp³-hybridized carbons (Fsp3) is 0.417. The van der Waals surface area contributed by atoms with Crippen LogP contribution in [0, 0.1) is 23.0 Å². The maximum Gasteiger partial charge on any atom is 0.271 e. The molecule has 1 aromatic carbocycles. The van der Waals surface area contributed by atoms with Gasteiger partial charge in [0, 0.05) is 24.4 Å². The Morgan fingerprint density at radius 1 is 1.50 bits per heavy atom. The van der Waals surface area contributed by atoms with Crippen LogP contribution >= 0.6 is 12.2 Å². The van der Waals surface area contributed by atoms with Gasteiger partial charge in [0.2, 0.25) is 0 Å². The van der Waals surface area contributed by atoms with Gasteiger partial charge >= 0.3 is 0 Å². The smallest absolute Gasteiger partial charge is 0.271 e. The summed E-state index contributed by atoms with van der Waals surface area (Å²) in [5.74, 6) is 0.482. The number of nitrogens with zero attached hydrogens (tertiary/aromatic N) is 1. The van der Waals surface area contributed by atoms with E-state index in [2.05, 4.69) is 24.5 Å². The quantitative estimate of drug-likeness (QED) is 0.499. The molecule has 0 atom stereocenters. The van der Waals surface area contributed by atoms with E-state index in [1.54, 1.807) is 6.07 Å². The lowest BCUT2D eigenvalue weighted by atomic mass is 10.2. The summed E-state index contributed by atoms with van der Waals surface area (Å²) in [5, 5.41) is 17.2. The predicted molar refractivity (Wildman–Crippen MR) is 76.9 cm³/mol. The Hall–Kier alpha value is -1.69. The molecule has 0 radical (unpaired) electrons. The normalized spacial score (nSPS) is 10.2. The van der Waals surface area contributed by atoms with Crippen LogP contribution in [-0.4, -0.2) is 16.6 Å². The van der Waals surface area contributed by atoms with Gasteiger partial charge in [0.25, 0.3) is 5.69 Å². The van der Waals surface area contributed by atoms with Crippen molar-refractivity contribution in [3.05, 3.63) is 33.9 Å². The highest BCUT2D eigenvalue weighted by Crippen LogP contribution is 2.21. The van der Waals surface area contributed by atoms with Gasteiger partial charge in [-0.2, -0.15) is 0 Å². The lowest BCUT2D eigenvalue weighted by Gasteiger charge is -2.13. The Labute approximate surface area is 112 Å². The summed E-state index contributed by atoms with van der Waals surface area (Å²) in [6, 6.07) is 4.66. The van der Waals surface area contributed by atoms with Gasteiger partial charge in [-0.05, 0) is 30.6 Å². The van der Waals surface area contributed by atoms with Crippen LogP contribution in [0.2, 0.25) is 0 Å². The van der Waals surface area contributed by atoms with E-state index >= 15 is 0 Å². The summed E-state index contributed by atoms with van der Waals surface area (Å²) >= 11 is 5.13. The molecule has 2 N–H and O–H groups in total. The number of aryl methyl sites for hydroxylation is 1. The zero-order valence-corrected chi connectivity index (χ0v) is 11.5. The lowest BCUT2D eigenvalue weighted by molar-refractivity contribution is -0.384. The van der Waals surface area contributed by atoms with E-state index in [0.717, 1.165) is 12.1 Å². The van der Waals surface area contributed by atoms with Crippen molar-refractivity contribution in [1.29, 1.82) is 0 Å². The number of benzene rings is 1. The highest BCUT2D eigenvalue weighted by molar-refractivity contribution is 7.80. The van der Waals surface area contributed by atoms with E-state index in [0.29, 0.717) is 16.7 Å². The number of hydrogen-bond acceptors (Lipinski definition) is 3. The van der Waals surface area contributed by atoms with Gasteiger partial charge in [0.1, 0.15) is 0 Å². The molecule has 0 aliphatic heterocycles. The van der Waals surface area contributed by atoms with Crippen LogP contribution in [0.4, 0.5) is 11.4 Å². The summed E-state index contributed by atoms with van der Waals surface area (Å²) < 4.78 is 0. The molecule has 0 saturated heterocycles. The van der Waals surface area contributed by atoms with Gasteiger partial charge in [0.05, 0.1) is 4.92 Å². The van der Waals surface area contributed by atoms with Crippen LogP contribution < -0.4 is 10.6 Å². The fourth-order valence-corrected chi connectivity index (χ4v) is 1.51. The fourth-order valence-electron chi connectivity index (χ4n) is 1.32. The molecule has 5 nitrogen and oxygen atoms in total. The minimum absolute atomic E-state index is 0.0507. The number of nitrogens with one attached hydrogen (secondary N) is 2. The molecule has 0 fully saturated rings. The van der Waals surface area contributed by atoms with E-state index in [-0.39, 0.29) is 5.69 Å². The topological polar surface area (TPSA) is 67.2 Å². The third-order valence-electron chi connectivity index (χ3n) is 2.35. The zero-order chi connectivity index (χ0) is 13.7. The third-order valence-corrected chi connectivity index (χ3v) is 2.60. The maximum absolute atomic E-state index is 10.7. The number of rotatable bonds is 4. The summed E-state index contributed by atoms with van der Waals surface area (Å²) in [6.07, 6.45) is 0. The van der Waals surface area contributed by atoms with Crippen molar-refractivity contribution in [2.24, 2.45) is 5.92 Å². The van der Waals surface area contributed by atoms with Crippen LogP contribution in [0.1, 0.15) is 19.4 Å². The molecule has 98 valence electrons. The molecule has 0 unspecified atom stereocenters. The monoisotopic (exact) mass is 267 g/mol.